The number of halogens is 3. The van der Waals surface area contributed by atoms with E-state index >= 15 is 0 Å². The van der Waals surface area contributed by atoms with E-state index in [9.17, 15) is 18.0 Å². The minimum Gasteiger partial charge on any atom is -0.354 e. The Hall–Kier alpha value is -2.78. The molecule has 1 N–H and O–H groups in total. The van der Waals surface area contributed by atoms with Gasteiger partial charge in [-0.15, -0.1) is 0 Å². The van der Waals surface area contributed by atoms with E-state index in [-0.39, 0.29) is 33.1 Å². The zero-order valence-electron chi connectivity index (χ0n) is 21.8. The number of carbonyl (C=O) groups is 2. The lowest BCUT2D eigenvalue weighted by molar-refractivity contribution is -0.139. The van der Waals surface area contributed by atoms with Gasteiger partial charge < -0.3 is 10.2 Å². The topological polar surface area (TPSA) is 86.8 Å². The Bertz CT molecular complexity index is 1410. The Morgan fingerprint density at radius 1 is 0.923 bits per heavy atom. The Morgan fingerprint density at radius 3 is 2.15 bits per heavy atom. The van der Waals surface area contributed by atoms with Gasteiger partial charge in [0.15, 0.2) is 0 Å². The number of carbonyl (C=O) groups excluding carboxylic acids is 2. The van der Waals surface area contributed by atoms with Crippen molar-refractivity contribution < 1.29 is 18.0 Å². The molecule has 2 amide bonds. The van der Waals surface area contributed by atoms with E-state index in [1.165, 1.54) is 35.2 Å². The average Bonchev–Trinajstić information content (AvgIpc) is 2.91. The summed E-state index contributed by atoms with van der Waals surface area (Å²) in [5.41, 5.74) is 1.77. The zero-order valence-corrected chi connectivity index (χ0v) is 24.9. The molecule has 0 fully saturated rings. The molecule has 39 heavy (non-hydrogen) atoms. The molecule has 0 radical (unpaired) electrons. The second kappa shape index (κ2) is 13.5. The van der Waals surface area contributed by atoms with Crippen LogP contribution in [0.5, 0.6) is 0 Å². The molecule has 0 aliphatic carbocycles. The van der Waals surface area contributed by atoms with Gasteiger partial charge in [-0.3, -0.25) is 13.9 Å². The first kappa shape index (κ1) is 30.8. The van der Waals surface area contributed by atoms with E-state index in [0.717, 1.165) is 21.9 Å². The maximum atomic E-state index is 13.9. The maximum Gasteiger partial charge on any atom is 0.264 e. The molecule has 1 atom stereocenters. The van der Waals surface area contributed by atoms with Crippen molar-refractivity contribution in [2.75, 3.05) is 17.4 Å². The number of hydrogen-bond donors (Lipinski definition) is 1. The minimum absolute atomic E-state index is 0.00459. The number of benzene rings is 3. The first-order chi connectivity index (χ1) is 18.4. The Balaban J connectivity index is 2.04. The monoisotopic (exact) mass is 609 g/mol. The highest BCUT2D eigenvalue weighted by molar-refractivity contribution is 7.92. The van der Waals surface area contributed by atoms with Crippen LogP contribution in [0.25, 0.3) is 0 Å². The van der Waals surface area contributed by atoms with Gasteiger partial charge in [0.25, 0.3) is 10.0 Å². The normalized spacial score (nSPS) is 12.1. The van der Waals surface area contributed by atoms with Crippen LogP contribution in [0.4, 0.5) is 5.69 Å². The Labute approximate surface area is 244 Å². The number of hydrogen-bond acceptors (Lipinski definition) is 4. The summed E-state index contributed by atoms with van der Waals surface area (Å²) < 4.78 is 28.6. The van der Waals surface area contributed by atoms with Gasteiger partial charge in [0.05, 0.1) is 20.6 Å². The molecule has 7 nitrogen and oxygen atoms in total. The van der Waals surface area contributed by atoms with E-state index in [1.807, 2.05) is 13.8 Å². The molecule has 208 valence electrons. The van der Waals surface area contributed by atoms with Crippen LogP contribution in [-0.4, -0.2) is 44.3 Å². The predicted molar refractivity (Wildman–Crippen MR) is 157 cm³/mol. The van der Waals surface area contributed by atoms with Gasteiger partial charge in [0.1, 0.15) is 12.6 Å². The second-order valence-electron chi connectivity index (χ2n) is 9.04. The molecule has 3 aromatic carbocycles. The lowest BCUT2D eigenvalue weighted by Gasteiger charge is -2.32. The standard InChI is InChI=1S/C28H30Cl3N3O4S/c1-4-15-32-28(36)20(3)33(17-21-7-9-22(29)10-8-21)27(35)18-34(23-11-14-25(30)26(31)16-23)39(37,38)24-12-5-19(2)6-13-24/h5-14,16,20H,4,15,17-18H2,1-3H3,(H,32,36). The summed E-state index contributed by atoms with van der Waals surface area (Å²) in [6, 6.07) is 16.6. The first-order valence-electron chi connectivity index (χ1n) is 12.3. The lowest BCUT2D eigenvalue weighted by atomic mass is 10.1. The molecular formula is C28H30Cl3N3O4S. The van der Waals surface area contributed by atoms with Gasteiger partial charge in [0, 0.05) is 18.1 Å². The van der Waals surface area contributed by atoms with Crippen molar-refractivity contribution in [2.45, 2.75) is 44.7 Å². The molecule has 0 bridgehead atoms. The SMILES string of the molecule is CCCNC(=O)C(C)N(Cc1ccc(Cl)cc1)C(=O)CN(c1ccc(Cl)c(Cl)c1)S(=O)(=O)c1ccc(C)cc1. The quantitative estimate of drug-likeness (QED) is 0.285. The van der Waals surface area contributed by atoms with Crippen LogP contribution < -0.4 is 9.62 Å². The summed E-state index contributed by atoms with van der Waals surface area (Å²) >= 11 is 18.3. The summed E-state index contributed by atoms with van der Waals surface area (Å²) in [6.45, 7) is 5.31. The molecule has 11 heteroatoms. The van der Waals surface area contributed by atoms with E-state index in [1.54, 1.807) is 43.3 Å². The molecule has 0 aliphatic heterocycles. The third-order valence-corrected chi connectivity index (χ3v) is 8.84. The second-order valence-corrected chi connectivity index (χ2v) is 12.2. The third-order valence-electron chi connectivity index (χ3n) is 6.06. The van der Waals surface area contributed by atoms with Crippen molar-refractivity contribution in [2.24, 2.45) is 0 Å². The Kier molecular flexibility index (Phi) is 10.7. The largest absolute Gasteiger partial charge is 0.354 e. The highest BCUT2D eigenvalue weighted by Crippen LogP contribution is 2.31. The number of amides is 2. The van der Waals surface area contributed by atoms with Crippen LogP contribution >= 0.6 is 34.8 Å². The lowest BCUT2D eigenvalue weighted by Crippen LogP contribution is -2.51. The molecule has 1 unspecified atom stereocenters. The summed E-state index contributed by atoms with van der Waals surface area (Å²) in [5, 5.41) is 3.71. The molecule has 0 saturated heterocycles. The molecule has 0 aromatic heterocycles. The van der Waals surface area contributed by atoms with Crippen LogP contribution in [0, 0.1) is 6.92 Å². The smallest absolute Gasteiger partial charge is 0.264 e. The predicted octanol–water partition coefficient (Wildman–Crippen LogP) is 6.09. The highest BCUT2D eigenvalue weighted by Gasteiger charge is 2.32. The van der Waals surface area contributed by atoms with Gasteiger partial charge in [-0.25, -0.2) is 8.42 Å². The van der Waals surface area contributed by atoms with Crippen molar-refractivity contribution in [3.8, 4) is 0 Å². The number of anilines is 1. The Morgan fingerprint density at radius 2 is 1.56 bits per heavy atom. The maximum absolute atomic E-state index is 13.9. The molecule has 3 rings (SSSR count). The average molecular weight is 611 g/mol. The molecule has 0 heterocycles. The van der Waals surface area contributed by atoms with Crippen molar-refractivity contribution >= 4 is 62.3 Å². The van der Waals surface area contributed by atoms with Crippen LogP contribution in [0.3, 0.4) is 0 Å². The number of sulfonamides is 1. The van der Waals surface area contributed by atoms with Crippen LogP contribution in [0.15, 0.2) is 71.6 Å². The minimum atomic E-state index is -4.20. The number of nitrogens with zero attached hydrogens (tertiary/aromatic N) is 2. The van der Waals surface area contributed by atoms with Crippen molar-refractivity contribution in [1.82, 2.24) is 10.2 Å². The van der Waals surface area contributed by atoms with E-state index in [2.05, 4.69) is 5.32 Å². The summed E-state index contributed by atoms with van der Waals surface area (Å²) in [5.74, 6) is -0.924. The van der Waals surface area contributed by atoms with E-state index in [4.69, 9.17) is 34.8 Å². The van der Waals surface area contributed by atoms with Crippen LogP contribution in [0.1, 0.15) is 31.4 Å². The number of rotatable bonds is 11. The molecule has 0 aliphatic rings. The van der Waals surface area contributed by atoms with Crippen molar-refractivity contribution in [1.29, 1.82) is 0 Å². The fraction of sp³-hybridized carbons (Fsp3) is 0.286. The fourth-order valence-corrected chi connectivity index (χ4v) is 5.60. The zero-order chi connectivity index (χ0) is 28.7. The van der Waals surface area contributed by atoms with E-state index < -0.39 is 28.5 Å². The van der Waals surface area contributed by atoms with Crippen LogP contribution in [0.2, 0.25) is 15.1 Å². The fourth-order valence-electron chi connectivity index (χ4n) is 3.77. The molecule has 0 saturated carbocycles. The van der Waals surface area contributed by atoms with Gasteiger partial charge in [0.2, 0.25) is 11.8 Å². The molecule has 3 aromatic rings. The number of nitrogens with one attached hydrogen (secondary N) is 1. The third kappa shape index (κ3) is 7.88. The highest BCUT2D eigenvalue weighted by atomic mass is 35.5. The van der Waals surface area contributed by atoms with Gasteiger partial charge >= 0.3 is 0 Å². The van der Waals surface area contributed by atoms with Crippen LogP contribution in [-0.2, 0) is 26.2 Å². The van der Waals surface area contributed by atoms with Gasteiger partial charge in [-0.1, -0.05) is 71.6 Å². The first-order valence-corrected chi connectivity index (χ1v) is 14.9. The summed E-state index contributed by atoms with van der Waals surface area (Å²) in [4.78, 5) is 28.1. The van der Waals surface area contributed by atoms with Gasteiger partial charge in [-0.05, 0) is 68.3 Å². The van der Waals surface area contributed by atoms with Crippen molar-refractivity contribution in [3.05, 3.63) is 92.9 Å². The molecular weight excluding hydrogens is 581 g/mol. The van der Waals surface area contributed by atoms with Gasteiger partial charge in [-0.2, -0.15) is 0 Å². The molecule has 0 spiro atoms. The van der Waals surface area contributed by atoms with Crippen molar-refractivity contribution in [3.63, 3.8) is 0 Å². The summed E-state index contributed by atoms with van der Waals surface area (Å²) in [6.07, 6.45) is 0.726. The number of aryl methyl sites for hydroxylation is 1. The summed E-state index contributed by atoms with van der Waals surface area (Å²) in [7, 11) is -4.20. The van der Waals surface area contributed by atoms with E-state index in [0.29, 0.717) is 11.6 Å².